The van der Waals surface area contributed by atoms with Crippen LogP contribution in [0.2, 0.25) is 0 Å². The zero-order valence-electron chi connectivity index (χ0n) is 8.63. The highest BCUT2D eigenvalue weighted by Gasteiger charge is 2.46. The highest BCUT2D eigenvalue weighted by molar-refractivity contribution is 5.37. The van der Waals surface area contributed by atoms with Crippen molar-refractivity contribution in [2.24, 2.45) is 5.90 Å². The smallest absolute Gasteiger partial charge is 0.130 e. The summed E-state index contributed by atoms with van der Waals surface area (Å²) < 4.78 is 18.7. The Morgan fingerprint density at radius 2 is 2.20 bits per heavy atom. The molecule has 15 heavy (non-hydrogen) atoms. The van der Waals surface area contributed by atoms with Crippen LogP contribution in [-0.4, -0.2) is 13.7 Å². The predicted octanol–water partition coefficient (Wildman–Crippen LogP) is 1.76. The van der Waals surface area contributed by atoms with Gasteiger partial charge in [0.2, 0.25) is 0 Å². The fraction of sp³-hybridized carbons (Fsp3) is 0.455. The Hall–Kier alpha value is -1.13. The summed E-state index contributed by atoms with van der Waals surface area (Å²) in [5.41, 5.74) is 0.471. The fourth-order valence-corrected chi connectivity index (χ4v) is 1.85. The maximum absolute atomic E-state index is 13.7. The lowest BCUT2D eigenvalue weighted by Crippen LogP contribution is -2.19. The molecule has 1 aromatic rings. The van der Waals surface area contributed by atoms with E-state index in [0.29, 0.717) is 17.9 Å². The minimum Gasteiger partial charge on any atom is -0.497 e. The molecule has 0 aliphatic heterocycles. The second-order valence-corrected chi connectivity index (χ2v) is 3.94. The summed E-state index contributed by atoms with van der Waals surface area (Å²) in [6.07, 6.45) is 1.85. The maximum Gasteiger partial charge on any atom is 0.130 e. The molecule has 1 fully saturated rings. The molecule has 4 heteroatoms. The molecular formula is C11H14FNO2. The van der Waals surface area contributed by atoms with Crippen molar-refractivity contribution in [3.05, 3.63) is 29.6 Å². The van der Waals surface area contributed by atoms with Gasteiger partial charge in [-0.3, -0.25) is 0 Å². The van der Waals surface area contributed by atoms with Crippen molar-refractivity contribution in [2.45, 2.75) is 18.3 Å². The Morgan fingerprint density at radius 1 is 1.47 bits per heavy atom. The summed E-state index contributed by atoms with van der Waals surface area (Å²) in [4.78, 5) is 4.64. The van der Waals surface area contributed by atoms with Crippen molar-refractivity contribution >= 4 is 0 Å². The average molecular weight is 211 g/mol. The van der Waals surface area contributed by atoms with Crippen molar-refractivity contribution < 1.29 is 14.0 Å². The standard InChI is InChI=1S/C11H14FNO2/c1-14-8-2-3-9(10(12)6-8)11(4-5-11)7-15-13/h2-3,6H,4-5,7,13H2,1H3. The molecular weight excluding hydrogens is 197 g/mol. The SMILES string of the molecule is COc1ccc(C2(CON)CC2)c(F)c1. The van der Waals surface area contributed by atoms with Crippen LogP contribution in [0.25, 0.3) is 0 Å². The van der Waals surface area contributed by atoms with Gasteiger partial charge in [-0.1, -0.05) is 6.07 Å². The molecule has 1 aromatic carbocycles. The Balaban J connectivity index is 2.29. The van der Waals surface area contributed by atoms with Crippen molar-refractivity contribution in [3.8, 4) is 5.75 Å². The molecule has 0 saturated heterocycles. The minimum absolute atomic E-state index is 0.203. The molecule has 82 valence electrons. The van der Waals surface area contributed by atoms with Crippen molar-refractivity contribution in [3.63, 3.8) is 0 Å². The zero-order valence-corrected chi connectivity index (χ0v) is 8.63. The summed E-state index contributed by atoms with van der Waals surface area (Å²) in [5, 5.41) is 0. The highest BCUT2D eigenvalue weighted by atomic mass is 19.1. The van der Waals surface area contributed by atoms with Gasteiger partial charge in [-0.15, -0.1) is 0 Å². The Bertz CT molecular complexity index is 364. The summed E-state index contributed by atoms with van der Waals surface area (Å²) >= 11 is 0. The molecule has 0 heterocycles. The number of methoxy groups -OCH3 is 1. The van der Waals surface area contributed by atoms with Gasteiger partial charge >= 0.3 is 0 Å². The van der Waals surface area contributed by atoms with E-state index >= 15 is 0 Å². The molecule has 1 aliphatic carbocycles. The van der Waals surface area contributed by atoms with E-state index in [1.807, 2.05) is 0 Å². The largest absolute Gasteiger partial charge is 0.497 e. The van der Waals surface area contributed by atoms with E-state index in [-0.39, 0.29) is 11.2 Å². The van der Waals surface area contributed by atoms with Crippen LogP contribution in [0.1, 0.15) is 18.4 Å². The van der Waals surface area contributed by atoms with Crippen LogP contribution in [0.3, 0.4) is 0 Å². The quantitative estimate of drug-likeness (QED) is 0.772. The van der Waals surface area contributed by atoms with E-state index in [1.165, 1.54) is 13.2 Å². The van der Waals surface area contributed by atoms with Gasteiger partial charge < -0.3 is 9.57 Å². The summed E-state index contributed by atoms with van der Waals surface area (Å²) in [6.45, 7) is 0.371. The third-order valence-electron chi connectivity index (χ3n) is 2.96. The molecule has 0 radical (unpaired) electrons. The van der Waals surface area contributed by atoms with Crippen molar-refractivity contribution in [1.29, 1.82) is 0 Å². The van der Waals surface area contributed by atoms with Gasteiger partial charge in [0.15, 0.2) is 0 Å². The summed E-state index contributed by atoms with van der Waals surface area (Å²) in [6, 6.07) is 4.90. The van der Waals surface area contributed by atoms with Gasteiger partial charge in [-0.2, -0.15) is 0 Å². The number of rotatable bonds is 4. The lowest BCUT2D eigenvalue weighted by molar-refractivity contribution is 0.115. The van der Waals surface area contributed by atoms with E-state index in [1.54, 1.807) is 12.1 Å². The lowest BCUT2D eigenvalue weighted by atomic mass is 9.96. The van der Waals surface area contributed by atoms with Crippen LogP contribution in [0.5, 0.6) is 5.75 Å². The van der Waals surface area contributed by atoms with Gasteiger partial charge in [-0.05, 0) is 24.5 Å². The first-order chi connectivity index (χ1) is 7.22. The first-order valence-corrected chi connectivity index (χ1v) is 4.87. The molecule has 3 nitrogen and oxygen atoms in total. The first-order valence-electron chi connectivity index (χ1n) is 4.87. The number of benzene rings is 1. The Kier molecular flexibility index (Phi) is 2.63. The lowest BCUT2D eigenvalue weighted by Gasteiger charge is -2.15. The van der Waals surface area contributed by atoms with Crippen LogP contribution in [0, 0.1) is 5.82 Å². The molecule has 0 unspecified atom stereocenters. The fourth-order valence-electron chi connectivity index (χ4n) is 1.85. The van der Waals surface area contributed by atoms with Gasteiger partial charge in [0.05, 0.1) is 13.7 Å². The molecule has 1 saturated carbocycles. The van der Waals surface area contributed by atoms with Crippen LogP contribution >= 0.6 is 0 Å². The minimum atomic E-state index is -0.246. The second kappa shape index (κ2) is 3.79. The van der Waals surface area contributed by atoms with E-state index in [2.05, 4.69) is 4.84 Å². The molecule has 0 spiro atoms. The first kappa shape index (κ1) is 10.4. The zero-order chi connectivity index (χ0) is 10.9. The van der Waals surface area contributed by atoms with Gasteiger partial charge in [0.25, 0.3) is 0 Å². The second-order valence-electron chi connectivity index (χ2n) is 3.94. The van der Waals surface area contributed by atoms with Gasteiger partial charge in [0, 0.05) is 11.5 Å². The highest BCUT2D eigenvalue weighted by Crippen LogP contribution is 2.49. The van der Waals surface area contributed by atoms with Gasteiger partial charge in [0.1, 0.15) is 11.6 Å². The van der Waals surface area contributed by atoms with Crippen LogP contribution < -0.4 is 10.6 Å². The maximum atomic E-state index is 13.7. The number of nitrogens with two attached hydrogens (primary N) is 1. The molecule has 2 rings (SSSR count). The van der Waals surface area contributed by atoms with Crippen LogP contribution in [0.15, 0.2) is 18.2 Å². The van der Waals surface area contributed by atoms with Crippen molar-refractivity contribution in [1.82, 2.24) is 0 Å². The van der Waals surface area contributed by atoms with Crippen LogP contribution in [-0.2, 0) is 10.3 Å². The Morgan fingerprint density at radius 3 is 2.67 bits per heavy atom. The topological polar surface area (TPSA) is 44.5 Å². The number of ether oxygens (including phenoxy) is 1. The predicted molar refractivity (Wildman–Crippen MR) is 54.0 cm³/mol. The average Bonchev–Trinajstić information content (AvgIpc) is 2.99. The van der Waals surface area contributed by atoms with E-state index < -0.39 is 0 Å². The molecule has 1 aliphatic rings. The molecule has 0 aromatic heterocycles. The number of halogens is 1. The number of hydrogen-bond donors (Lipinski definition) is 1. The van der Waals surface area contributed by atoms with E-state index in [0.717, 1.165) is 12.8 Å². The third kappa shape index (κ3) is 1.82. The monoisotopic (exact) mass is 211 g/mol. The third-order valence-corrected chi connectivity index (χ3v) is 2.96. The summed E-state index contributed by atoms with van der Waals surface area (Å²) in [7, 11) is 1.52. The molecule has 0 amide bonds. The van der Waals surface area contributed by atoms with Crippen LogP contribution in [0.4, 0.5) is 4.39 Å². The van der Waals surface area contributed by atoms with Crippen molar-refractivity contribution in [2.75, 3.05) is 13.7 Å². The molecule has 0 atom stereocenters. The Labute approximate surface area is 87.9 Å². The van der Waals surface area contributed by atoms with E-state index in [9.17, 15) is 4.39 Å². The molecule has 2 N–H and O–H groups in total. The van der Waals surface area contributed by atoms with Gasteiger partial charge in [-0.25, -0.2) is 10.3 Å². The normalized spacial score (nSPS) is 17.5. The summed E-state index contributed by atoms with van der Waals surface area (Å²) in [5.74, 6) is 5.33. The number of hydrogen-bond acceptors (Lipinski definition) is 3. The molecule has 0 bridgehead atoms. The van der Waals surface area contributed by atoms with E-state index in [4.69, 9.17) is 10.6 Å².